The number of H-pyrrole nitrogens is 1. The number of nitrogens with one attached hydrogen (secondary N) is 2. The van der Waals surface area contributed by atoms with Gasteiger partial charge in [-0.3, -0.25) is 9.89 Å². The molecule has 1 amide bonds. The molecule has 2 aliphatic rings. The van der Waals surface area contributed by atoms with Crippen molar-refractivity contribution in [1.82, 2.24) is 10.2 Å². The van der Waals surface area contributed by atoms with Crippen molar-refractivity contribution in [2.24, 2.45) is 10.7 Å². The molecule has 1 atom stereocenters. The number of carbonyl (C=O) groups excluding carboxylic acids is 1. The number of anilines is 1. The number of hydrogen-bond acceptors (Lipinski definition) is 5. The van der Waals surface area contributed by atoms with E-state index in [0.717, 1.165) is 31.9 Å². The standard InChI is InChI=1S/C18H17ClF3N5O2/c1-17(18(21,22)7-29-16(23)25-17)10-6-9(4-5-11(10)20)24-15(28)14-12(19)13(26-27-14)8-2-3-8/h4-6,8H,2-3,7H2,1H3,(H2,23,25)(H,24,28)(H,26,27)/t17-/m1/s1. The summed E-state index contributed by atoms with van der Waals surface area (Å²) in [5, 5.41) is 9.38. The fourth-order valence-corrected chi connectivity index (χ4v) is 3.51. The van der Waals surface area contributed by atoms with Crippen LogP contribution in [0.5, 0.6) is 0 Å². The van der Waals surface area contributed by atoms with Gasteiger partial charge in [-0.05, 0) is 38.0 Å². The zero-order valence-corrected chi connectivity index (χ0v) is 16.0. The zero-order valence-electron chi connectivity index (χ0n) is 15.2. The number of benzene rings is 1. The topological polar surface area (TPSA) is 105 Å². The van der Waals surface area contributed by atoms with Crippen LogP contribution in [0, 0.1) is 5.82 Å². The number of hydrogen-bond donors (Lipinski definition) is 3. The van der Waals surface area contributed by atoms with Gasteiger partial charge in [0.1, 0.15) is 11.5 Å². The van der Waals surface area contributed by atoms with E-state index in [2.05, 4.69) is 25.2 Å². The van der Waals surface area contributed by atoms with Gasteiger partial charge < -0.3 is 15.8 Å². The summed E-state index contributed by atoms with van der Waals surface area (Å²) in [5.41, 5.74) is 3.46. The minimum absolute atomic E-state index is 0.0457. The van der Waals surface area contributed by atoms with Gasteiger partial charge in [-0.15, -0.1) is 0 Å². The Labute approximate surface area is 168 Å². The van der Waals surface area contributed by atoms with Crippen LogP contribution < -0.4 is 11.1 Å². The van der Waals surface area contributed by atoms with E-state index in [0.29, 0.717) is 5.69 Å². The highest BCUT2D eigenvalue weighted by atomic mass is 35.5. The number of amidine groups is 1. The van der Waals surface area contributed by atoms with Gasteiger partial charge in [-0.1, -0.05) is 11.6 Å². The predicted molar refractivity (Wildman–Crippen MR) is 99.8 cm³/mol. The first-order valence-corrected chi connectivity index (χ1v) is 9.21. The van der Waals surface area contributed by atoms with Gasteiger partial charge in [0.05, 0.1) is 10.7 Å². The largest absolute Gasteiger partial charge is 0.459 e. The Balaban J connectivity index is 1.65. The number of halogens is 4. The van der Waals surface area contributed by atoms with E-state index in [1.807, 2.05) is 0 Å². The van der Waals surface area contributed by atoms with E-state index >= 15 is 0 Å². The van der Waals surface area contributed by atoms with E-state index in [-0.39, 0.29) is 22.3 Å². The second-order valence-electron chi connectivity index (χ2n) is 7.24. The number of nitrogens with two attached hydrogens (primary N) is 1. The van der Waals surface area contributed by atoms with Crippen molar-refractivity contribution in [3.8, 4) is 0 Å². The number of alkyl halides is 2. The normalized spacial score (nSPS) is 23.3. The van der Waals surface area contributed by atoms with Crippen LogP contribution in [0.1, 0.15) is 47.4 Å². The summed E-state index contributed by atoms with van der Waals surface area (Å²) in [5.74, 6) is -4.83. The molecule has 1 fully saturated rings. The fraction of sp³-hybridized carbons (Fsp3) is 0.389. The van der Waals surface area contributed by atoms with E-state index in [9.17, 15) is 18.0 Å². The Kier molecular flexibility index (Phi) is 4.49. The molecule has 0 unspecified atom stereocenters. The molecule has 2 heterocycles. The zero-order chi connectivity index (χ0) is 21.0. The van der Waals surface area contributed by atoms with E-state index in [1.165, 1.54) is 6.07 Å². The Hall–Kier alpha value is -2.75. The smallest absolute Gasteiger partial charge is 0.310 e. The number of aliphatic imine (C=N–C) groups is 1. The SMILES string of the molecule is C[C@]1(c2cc(NC(=O)c3[nH]nc(C4CC4)c3Cl)ccc2F)N=C(N)OCC1(F)F. The quantitative estimate of drug-likeness (QED) is 0.694. The van der Waals surface area contributed by atoms with Crippen molar-refractivity contribution in [2.75, 3.05) is 11.9 Å². The Morgan fingerprint density at radius 2 is 2.14 bits per heavy atom. The molecular weight excluding hydrogens is 411 g/mol. The minimum Gasteiger partial charge on any atom is -0.459 e. The molecule has 1 aromatic carbocycles. The van der Waals surface area contributed by atoms with Crippen molar-refractivity contribution in [3.63, 3.8) is 0 Å². The summed E-state index contributed by atoms with van der Waals surface area (Å²) >= 11 is 6.21. The molecule has 1 aliphatic carbocycles. The van der Waals surface area contributed by atoms with Crippen LogP contribution in [0.2, 0.25) is 5.02 Å². The number of aromatic nitrogens is 2. The van der Waals surface area contributed by atoms with Gasteiger partial charge in [0, 0.05) is 17.2 Å². The molecule has 1 saturated carbocycles. The summed E-state index contributed by atoms with van der Waals surface area (Å²) in [6, 6.07) is 2.84. The van der Waals surface area contributed by atoms with E-state index < -0.39 is 41.4 Å². The molecule has 0 bridgehead atoms. The van der Waals surface area contributed by atoms with Crippen molar-refractivity contribution in [1.29, 1.82) is 0 Å². The minimum atomic E-state index is -3.52. The van der Waals surface area contributed by atoms with Crippen molar-refractivity contribution in [2.45, 2.75) is 37.1 Å². The average Bonchev–Trinajstić information content (AvgIpc) is 3.42. The molecule has 11 heteroatoms. The lowest BCUT2D eigenvalue weighted by molar-refractivity contribution is -0.117. The summed E-state index contributed by atoms with van der Waals surface area (Å²) in [7, 11) is 0. The molecule has 1 aliphatic heterocycles. The molecule has 0 saturated heterocycles. The monoisotopic (exact) mass is 427 g/mol. The molecule has 1 aromatic heterocycles. The first-order valence-electron chi connectivity index (χ1n) is 8.83. The Bertz CT molecular complexity index is 1020. The first-order chi connectivity index (χ1) is 13.6. The van der Waals surface area contributed by atoms with Crippen LogP contribution in [0.15, 0.2) is 23.2 Å². The van der Waals surface area contributed by atoms with Crippen LogP contribution in [0.25, 0.3) is 0 Å². The lowest BCUT2D eigenvalue weighted by atomic mass is 9.85. The molecule has 0 spiro atoms. The van der Waals surface area contributed by atoms with Crippen LogP contribution in [0.4, 0.5) is 18.9 Å². The summed E-state index contributed by atoms with van der Waals surface area (Å²) in [4.78, 5) is 16.2. The second kappa shape index (κ2) is 6.65. The van der Waals surface area contributed by atoms with Crippen molar-refractivity contribution < 1.29 is 22.7 Å². The number of carbonyl (C=O) groups is 1. The summed E-state index contributed by atoms with van der Waals surface area (Å²) in [6.45, 7) is 0.0165. The second-order valence-corrected chi connectivity index (χ2v) is 7.61. The van der Waals surface area contributed by atoms with Gasteiger partial charge >= 0.3 is 5.92 Å². The highest BCUT2D eigenvalue weighted by Crippen LogP contribution is 2.45. The third kappa shape index (κ3) is 3.31. The molecule has 7 nitrogen and oxygen atoms in total. The fourth-order valence-electron chi connectivity index (χ4n) is 3.19. The van der Waals surface area contributed by atoms with E-state index in [1.54, 1.807) is 0 Å². The van der Waals surface area contributed by atoms with Gasteiger partial charge in [0.15, 0.2) is 12.1 Å². The van der Waals surface area contributed by atoms with E-state index in [4.69, 9.17) is 17.3 Å². The van der Waals surface area contributed by atoms with Crippen LogP contribution >= 0.6 is 11.6 Å². The molecule has 154 valence electrons. The van der Waals surface area contributed by atoms with Crippen LogP contribution in [-0.2, 0) is 10.3 Å². The number of nitrogens with zero attached hydrogens (tertiary/aromatic N) is 2. The maximum Gasteiger partial charge on any atom is 0.310 e. The summed E-state index contributed by atoms with van der Waals surface area (Å²) in [6.07, 6.45) is 1.90. The van der Waals surface area contributed by atoms with Gasteiger partial charge in [-0.25, -0.2) is 9.38 Å². The highest BCUT2D eigenvalue weighted by Gasteiger charge is 2.56. The van der Waals surface area contributed by atoms with Crippen LogP contribution in [-0.4, -0.2) is 34.7 Å². The molecule has 29 heavy (non-hydrogen) atoms. The first kappa shape index (κ1) is 19.6. The number of ether oxygens (including phenoxy) is 1. The lowest BCUT2D eigenvalue weighted by Gasteiger charge is -2.37. The maximum atomic E-state index is 14.5. The van der Waals surface area contributed by atoms with Gasteiger partial charge in [0.2, 0.25) is 0 Å². The molecular formula is C18H17ClF3N5O2. The third-order valence-electron chi connectivity index (χ3n) is 5.12. The molecule has 0 radical (unpaired) electrons. The van der Waals surface area contributed by atoms with Crippen molar-refractivity contribution >= 4 is 29.2 Å². The Morgan fingerprint density at radius 3 is 2.83 bits per heavy atom. The van der Waals surface area contributed by atoms with Crippen molar-refractivity contribution in [3.05, 3.63) is 46.0 Å². The number of amides is 1. The lowest BCUT2D eigenvalue weighted by Crippen LogP contribution is -2.51. The number of rotatable bonds is 4. The highest BCUT2D eigenvalue weighted by molar-refractivity contribution is 6.34. The van der Waals surface area contributed by atoms with Crippen LogP contribution in [0.3, 0.4) is 0 Å². The maximum absolute atomic E-state index is 14.5. The molecule has 4 rings (SSSR count). The molecule has 4 N–H and O–H groups in total. The Morgan fingerprint density at radius 1 is 1.41 bits per heavy atom. The third-order valence-corrected chi connectivity index (χ3v) is 5.50. The van der Waals surface area contributed by atoms with Gasteiger partial charge in [-0.2, -0.15) is 13.9 Å². The average molecular weight is 428 g/mol. The predicted octanol–water partition coefficient (Wildman–Crippen LogP) is 3.53. The summed E-state index contributed by atoms with van der Waals surface area (Å²) < 4.78 is 48.1. The number of aromatic amines is 1. The van der Waals surface area contributed by atoms with Gasteiger partial charge in [0.25, 0.3) is 11.9 Å². The molecule has 2 aromatic rings.